The number of rotatable bonds is 4. The van der Waals surface area contributed by atoms with E-state index in [-0.39, 0.29) is 34.2 Å². The fourth-order valence-corrected chi connectivity index (χ4v) is 4.14. The van der Waals surface area contributed by atoms with Gasteiger partial charge in [-0.05, 0) is 70.0 Å². The standard InChI is InChI=1S/C16H12Br2O4S/c1-7(19)11-3-9(5-13(17)15(11)21)23-10-4-12(8(2)20)16(22)14(18)6-10/h3-6,21-22H,1-2H3. The largest absolute Gasteiger partial charge is 0.506 e. The van der Waals surface area contributed by atoms with E-state index in [0.717, 1.165) is 0 Å². The van der Waals surface area contributed by atoms with Crippen molar-refractivity contribution in [3.8, 4) is 11.5 Å². The predicted molar refractivity (Wildman–Crippen MR) is 95.7 cm³/mol. The average Bonchev–Trinajstić information content (AvgIpc) is 2.45. The first-order chi connectivity index (χ1) is 10.7. The molecule has 0 aliphatic heterocycles. The lowest BCUT2D eigenvalue weighted by Gasteiger charge is -2.10. The monoisotopic (exact) mass is 458 g/mol. The fourth-order valence-electron chi connectivity index (χ4n) is 1.94. The first-order valence-corrected chi connectivity index (χ1v) is 8.85. The molecule has 0 heterocycles. The molecule has 0 aliphatic carbocycles. The summed E-state index contributed by atoms with van der Waals surface area (Å²) in [4.78, 5) is 24.6. The van der Waals surface area contributed by atoms with Crippen LogP contribution in [0.2, 0.25) is 0 Å². The van der Waals surface area contributed by atoms with E-state index in [2.05, 4.69) is 31.9 Å². The van der Waals surface area contributed by atoms with Gasteiger partial charge in [-0.2, -0.15) is 0 Å². The summed E-state index contributed by atoms with van der Waals surface area (Å²) in [5.74, 6) is -0.694. The molecule has 2 N–H and O–H groups in total. The Labute approximate surface area is 154 Å². The maximum atomic E-state index is 11.6. The van der Waals surface area contributed by atoms with Crippen molar-refractivity contribution in [2.45, 2.75) is 23.6 Å². The molecule has 0 atom stereocenters. The van der Waals surface area contributed by atoms with Gasteiger partial charge in [-0.15, -0.1) is 0 Å². The SMILES string of the molecule is CC(=O)c1cc(Sc2cc(Br)c(O)c(C(C)=O)c2)cc(Br)c1O. The number of hydrogen-bond acceptors (Lipinski definition) is 5. The zero-order valence-electron chi connectivity index (χ0n) is 12.2. The van der Waals surface area contributed by atoms with Crippen LogP contribution < -0.4 is 0 Å². The molecule has 0 saturated heterocycles. The van der Waals surface area contributed by atoms with Crippen molar-refractivity contribution in [2.75, 3.05) is 0 Å². The molecule has 0 aromatic heterocycles. The third kappa shape index (κ3) is 3.97. The van der Waals surface area contributed by atoms with Crippen LogP contribution in [0.25, 0.3) is 0 Å². The Morgan fingerprint density at radius 2 is 1.17 bits per heavy atom. The van der Waals surface area contributed by atoms with Gasteiger partial charge in [0.25, 0.3) is 0 Å². The van der Waals surface area contributed by atoms with Crippen molar-refractivity contribution >= 4 is 55.2 Å². The molecule has 2 aromatic rings. The summed E-state index contributed by atoms with van der Waals surface area (Å²) < 4.78 is 0.828. The lowest BCUT2D eigenvalue weighted by molar-refractivity contribution is 0.100. The van der Waals surface area contributed by atoms with E-state index in [4.69, 9.17) is 0 Å². The molecule has 0 saturated carbocycles. The highest BCUT2D eigenvalue weighted by Crippen LogP contribution is 2.39. The molecule has 0 bridgehead atoms. The molecule has 4 nitrogen and oxygen atoms in total. The minimum Gasteiger partial charge on any atom is -0.506 e. The summed E-state index contributed by atoms with van der Waals surface area (Å²) >= 11 is 7.76. The molecule has 2 rings (SSSR count). The van der Waals surface area contributed by atoms with Gasteiger partial charge < -0.3 is 10.2 Å². The van der Waals surface area contributed by atoms with Crippen molar-refractivity contribution in [2.24, 2.45) is 0 Å². The maximum absolute atomic E-state index is 11.6. The Hall–Kier alpha value is -1.31. The van der Waals surface area contributed by atoms with Crippen molar-refractivity contribution in [3.05, 3.63) is 44.3 Å². The van der Waals surface area contributed by atoms with E-state index < -0.39 is 0 Å². The zero-order valence-corrected chi connectivity index (χ0v) is 16.2. The second-order valence-corrected chi connectivity index (χ2v) is 7.67. The Kier molecular flexibility index (Phi) is 5.54. The van der Waals surface area contributed by atoms with Crippen LogP contribution in [-0.4, -0.2) is 21.8 Å². The highest BCUT2D eigenvalue weighted by molar-refractivity contribution is 9.11. The van der Waals surface area contributed by atoms with Gasteiger partial charge in [0.15, 0.2) is 11.6 Å². The highest BCUT2D eigenvalue weighted by atomic mass is 79.9. The quantitative estimate of drug-likeness (QED) is 0.616. The molecule has 23 heavy (non-hydrogen) atoms. The lowest BCUT2D eigenvalue weighted by atomic mass is 10.1. The molecule has 0 radical (unpaired) electrons. The zero-order chi connectivity index (χ0) is 17.3. The normalized spacial score (nSPS) is 10.6. The minimum atomic E-state index is -0.248. The molecule has 0 amide bonds. The second-order valence-electron chi connectivity index (χ2n) is 4.82. The predicted octanol–water partition coefficient (Wildman–Crippen LogP) is 5.18. The van der Waals surface area contributed by atoms with Gasteiger partial charge in [-0.1, -0.05) is 11.8 Å². The van der Waals surface area contributed by atoms with Crippen LogP contribution in [0, 0.1) is 0 Å². The summed E-state index contributed by atoms with van der Waals surface area (Å²) in [6.45, 7) is 2.75. The number of phenols is 2. The van der Waals surface area contributed by atoms with Crippen molar-refractivity contribution in [1.29, 1.82) is 0 Å². The molecular formula is C16H12Br2O4S. The Bertz CT molecular complexity index is 751. The lowest BCUT2D eigenvalue weighted by Crippen LogP contribution is -1.95. The van der Waals surface area contributed by atoms with Crippen LogP contribution in [0.5, 0.6) is 11.5 Å². The Morgan fingerprint density at radius 3 is 1.48 bits per heavy atom. The number of ketones is 2. The summed E-state index contributed by atoms with van der Waals surface area (Å²) in [6, 6.07) is 6.53. The Morgan fingerprint density at radius 1 is 0.826 bits per heavy atom. The van der Waals surface area contributed by atoms with Gasteiger partial charge in [0, 0.05) is 9.79 Å². The highest BCUT2D eigenvalue weighted by Gasteiger charge is 2.15. The second kappa shape index (κ2) is 7.07. The fraction of sp³-hybridized carbons (Fsp3) is 0.125. The van der Waals surface area contributed by atoms with Crippen molar-refractivity contribution < 1.29 is 19.8 Å². The molecule has 0 aliphatic rings. The van der Waals surface area contributed by atoms with Crippen molar-refractivity contribution in [1.82, 2.24) is 0 Å². The third-order valence-corrected chi connectivity index (χ3v) is 5.22. The van der Waals surface area contributed by atoms with Gasteiger partial charge >= 0.3 is 0 Å². The third-order valence-electron chi connectivity index (χ3n) is 3.07. The topological polar surface area (TPSA) is 74.6 Å². The van der Waals surface area contributed by atoms with E-state index in [1.54, 1.807) is 24.3 Å². The first-order valence-electron chi connectivity index (χ1n) is 6.45. The number of aromatic hydroxyl groups is 2. The molecule has 0 spiro atoms. The average molecular weight is 460 g/mol. The number of Topliss-reactive ketones (excluding diaryl/α,β-unsaturated/α-hetero) is 2. The molecule has 0 fully saturated rings. The van der Waals surface area contributed by atoms with Gasteiger partial charge in [0.1, 0.15) is 11.5 Å². The van der Waals surface area contributed by atoms with E-state index in [9.17, 15) is 19.8 Å². The number of benzene rings is 2. The van der Waals surface area contributed by atoms with E-state index in [1.165, 1.54) is 25.6 Å². The molecule has 0 unspecified atom stereocenters. The number of phenolic OH excluding ortho intramolecular Hbond substituents is 2. The van der Waals surface area contributed by atoms with E-state index >= 15 is 0 Å². The molecule has 2 aromatic carbocycles. The van der Waals surface area contributed by atoms with Crippen molar-refractivity contribution in [3.63, 3.8) is 0 Å². The molecule has 120 valence electrons. The summed E-state index contributed by atoms with van der Waals surface area (Å²) in [5.41, 5.74) is 0.429. The Balaban J connectivity index is 2.48. The van der Waals surface area contributed by atoms with Gasteiger partial charge in [-0.25, -0.2) is 0 Å². The number of carbonyl (C=O) groups is 2. The molecular weight excluding hydrogens is 448 g/mol. The minimum absolute atomic E-state index is 0.0989. The molecule has 7 heteroatoms. The first kappa shape index (κ1) is 18.0. The number of hydrogen-bond donors (Lipinski definition) is 2. The van der Waals surface area contributed by atoms with Crippen LogP contribution in [0.4, 0.5) is 0 Å². The maximum Gasteiger partial charge on any atom is 0.163 e. The number of carbonyl (C=O) groups excluding carboxylic acids is 2. The van der Waals surface area contributed by atoms with Gasteiger partial charge in [-0.3, -0.25) is 9.59 Å². The summed E-state index contributed by atoms with van der Waals surface area (Å²) in [7, 11) is 0. The van der Waals surface area contributed by atoms with E-state index in [1.807, 2.05) is 0 Å². The smallest absolute Gasteiger partial charge is 0.163 e. The van der Waals surface area contributed by atoms with Crippen LogP contribution in [0.3, 0.4) is 0 Å². The van der Waals surface area contributed by atoms with Crippen LogP contribution in [0.15, 0.2) is 43.0 Å². The van der Waals surface area contributed by atoms with Crippen LogP contribution >= 0.6 is 43.6 Å². The van der Waals surface area contributed by atoms with E-state index in [0.29, 0.717) is 18.7 Å². The van der Waals surface area contributed by atoms with Crippen LogP contribution in [-0.2, 0) is 0 Å². The van der Waals surface area contributed by atoms with Gasteiger partial charge in [0.05, 0.1) is 20.1 Å². The van der Waals surface area contributed by atoms with Gasteiger partial charge in [0.2, 0.25) is 0 Å². The number of halogens is 2. The summed E-state index contributed by atoms with van der Waals surface area (Å²) in [6.07, 6.45) is 0. The summed E-state index contributed by atoms with van der Waals surface area (Å²) in [5, 5.41) is 19.8. The van der Waals surface area contributed by atoms with Crippen LogP contribution in [0.1, 0.15) is 34.6 Å².